The van der Waals surface area contributed by atoms with E-state index < -0.39 is 0 Å². The number of ether oxygens (including phenoxy) is 1. The largest absolute Gasteiger partial charge is 0.372 e. The minimum atomic E-state index is 0.642. The van der Waals surface area contributed by atoms with Crippen LogP contribution in [0.3, 0.4) is 0 Å². The van der Waals surface area contributed by atoms with Crippen LogP contribution in [0.1, 0.15) is 16.7 Å². The second-order valence-electron chi connectivity index (χ2n) is 4.12. The lowest BCUT2D eigenvalue weighted by Crippen LogP contribution is -1.93. The molecule has 0 aliphatic carbocycles. The topological polar surface area (TPSA) is 9.23 Å². The first kappa shape index (κ1) is 12.6. The van der Waals surface area contributed by atoms with E-state index in [1.165, 1.54) is 11.1 Å². The number of benzene rings is 2. The van der Waals surface area contributed by atoms with Gasteiger partial charge in [-0.1, -0.05) is 66.7 Å². The zero-order valence-electron chi connectivity index (χ0n) is 10.4. The molecule has 0 saturated carbocycles. The van der Waals surface area contributed by atoms with Crippen LogP contribution in [0, 0.1) is 6.92 Å². The van der Waals surface area contributed by atoms with E-state index in [-0.39, 0.29) is 0 Å². The highest BCUT2D eigenvalue weighted by molar-refractivity contribution is 5.49. The van der Waals surface area contributed by atoms with Crippen molar-refractivity contribution in [3.8, 4) is 0 Å². The van der Waals surface area contributed by atoms with Crippen molar-refractivity contribution in [2.45, 2.75) is 13.2 Å². The quantitative estimate of drug-likeness (QED) is 0.755. The molecule has 18 heavy (non-hydrogen) atoms. The van der Waals surface area contributed by atoms with E-state index >= 15 is 0 Å². The second-order valence-corrected chi connectivity index (χ2v) is 4.12. The van der Waals surface area contributed by atoms with Gasteiger partial charge in [0.15, 0.2) is 0 Å². The predicted molar refractivity (Wildman–Crippen MR) is 75.8 cm³/mol. The Kier molecular flexibility index (Phi) is 4.74. The molecule has 91 valence electrons. The molecule has 0 saturated heterocycles. The molecule has 0 aliphatic rings. The van der Waals surface area contributed by atoms with E-state index in [0.717, 1.165) is 5.56 Å². The van der Waals surface area contributed by atoms with Crippen molar-refractivity contribution in [3.05, 3.63) is 84.3 Å². The third-order valence-corrected chi connectivity index (χ3v) is 2.67. The van der Waals surface area contributed by atoms with Crippen molar-refractivity contribution in [1.82, 2.24) is 0 Å². The summed E-state index contributed by atoms with van der Waals surface area (Å²) in [6.45, 7) is 4.98. The van der Waals surface area contributed by atoms with E-state index in [1.54, 1.807) is 6.08 Å². The molecule has 0 aliphatic heterocycles. The highest BCUT2D eigenvalue weighted by Crippen LogP contribution is 2.09. The Morgan fingerprint density at radius 2 is 1.44 bits per heavy atom. The molecule has 0 bridgehead atoms. The lowest BCUT2D eigenvalue weighted by molar-refractivity contribution is 0.107. The fourth-order valence-corrected chi connectivity index (χ4v) is 1.72. The minimum absolute atomic E-state index is 0.642. The van der Waals surface area contributed by atoms with Crippen LogP contribution < -0.4 is 0 Å². The third kappa shape index (κ3) is 3.86. The Morgan fingerprint density at radius 1 is 0.833 bits per heavy atom. The first-order valence-corrected chi connectivity index (χ1v) is 6.05. The van der Waals surface area contributed by atoms with Crippen molar-refractivity contribution >= 4 is 6.08 Å². The molecule has 0 spiro atoms. The second kappa shape index (κ2) is 6.77. The maximum Gasteiger partial charge on any atom is 0.0721 e. The molecule has 0 aromatic heterocycles. The predicted octanol–water partition coefficient (Wildman–Crippen LogP) is 4.25. The Labute approximate surface area is 109 Å². The Morgan fingerprint density at radius 3 is 2.06 bits per heavy atom. The van der Waals surface area contributed by atoms with Crippen molar-refractivity contribution in [2.75, 3.05) is 0 Å². The number of hydrogen-bond acceptors (Lipinski definition) is 1. The van der Waals surface area contributed by atoms with Crippen LogP contribution in [-0.2, 0) is 18.0 Å². The summed E-state index contributed by atoms with van der Waals surface area (Å²) in [6, 6.07) is 18.5. The average Bonchev–Trinajstić information content (AvgIpc) is 2.42. The smallest absolute Gasteiger partial charge is 0.0721 e. The van der Waals surface area contributed by atoms with Gasteiger partial charge < -0.3 is 4.74 Å². The molecule has 1 nitrogen and oxygen atoms in total. The van der Waals surface area contributed by atoms with Crippen molar-refractivity contribution in [2.24, 2.45) is 0 Å². The van der Waals surface area contributed by atoms with E-state index in [0.29, 0.717) is 13.2 Å². The summed E-state index contributed by atoms with van der Waals surface area (Å²) in [5.74, 6) is 0. The van der Waals surface area contributed by atoms with Gasteiger partial charge in [0.25, 0.3) is 0 Å². The maximum absolute atomic E-state index is 5.68. The average molecular weight is 237 g/mol. The normalized spacial score (nSPS) is 10.9. The molecular weight excluding hydrogens is 220 g/mol. The minimum Gasteiger partial charge on any atom is -0.372 e. The van der Waals surface area contributed by atoms with Gasteiger partial charge in [-0.3, -0.25) is 0 Å². The third-order valence-electron chi connectivity index (χ3n) is 2.67. The van der Waals surface area contributed by atoms with Crippen LogP contribution >= 0.6 is 0 Å². The van der Waals surface area contributed by atoms with Gasteiger partial charge in [-0.05, 0) is 23.6 Å². The first-order valence-electron chi connectivity index (χ1n) is 6.05. The van der Waals surface area contributed by atoms with E-state index in [2.05, 4.69) is 43.3 Å². The highest BCUT2D eigenvalue weighted by Gasteiger charge is 1.95. The Balaban J connectivity index is 1.83. The Bertz CT molecular complexity index is 483. The zero-order valence-corrected chi connectivity index (χ0v) is 10.4. The molecule has 0 unspecified atom stereocenters. The summed E-state index contributed by atoms with van der Waals surface area (Å²) in [5, 5.41) is 0. The molecule has 0 atom stereocenters. The fourth-order valence-electron chi connectivity index (χ4n) is 1.72. The lowest BCUT2D eigenvalue weighted by Gasteiger charge is -2.05. The van der Waals surface area contributed by atoms with Crippen molar-refractivity contribution in [3.63, 3.8) is 0 Å². The van der Waals surface area contributed by atoms with Crippen LogP contribution in [0.2, 0.25) is 0 Å². The van der Waals surface area contributed by atoms with E-state index in [1.807, 2.05) is 24.3 Å². The maximum atomic E-state index is 5.68. The van der Waals surface area contributed by atoms with Gasteiger partial charge in [-0.15, -0.1) is 0 Å². The van der Waals surface area contributed by atoms with Crippen LogP contribution in [0.4, 0.5) is 0 Å². The molecule has 2 aromatic rings. The van der Waals surface area contributed by atoms with Crippen LogP contribution in [-0.4, -0.2) is 0 Å². The molecule has 2 aromatic carbocycles. The molecule has 1 heteroatoms. The summed E-state index contributed by atoms with van der Waals surface area (Å²) in [4.78, 5) is 0. The lowest BCUT2D eigenvalue weighted by atomic mass is 10.1. The molecular formula is C17H17O. The molecule has 0 N–H and O–H groups in total. The van der Waals surface area contributed by atoms with Crippen molar-refractivity contribution in [1.29, 1.82) is 0 Å². The van der Waals surface area contributed by atoms with Gasteiger partial charge in [-0.25, -0.2) is 0 Å². The monoisotopic (exact) mass is 237 g/mol. The fraction of sp³-hybridized carbons (Fsp3) is 0.118. The summed E-state index contributed by atoms with van der Waals surface area (Å²) < 4.78 is 5.68. The van der Waals surface area contributed by atoms with Gasteiger partial charge in [0.1, 0.15) is 0 Å². The van der Waals surface area contributed by atoms with Gasteiger partial charge in [-0.2, -0.15) is 0 Å². The molecule has 0 amide bonds. The standard InChI is InChI=1S/C17H17O/c1-2-6-15-9-11-17(12-10-15)14-18-13-16-7-4-3-5-8-16/h2-12H,1,13-14H2. The molecule has 0 heterocycles. The number of hydrogen-bond donors (Lipinski definition) is 0. The number of rotatable bonds is 5. The summed E-state index contributed by atoms with van der Waals surface area (Å²) in [7, 11) is 0. The Hall–Kier alpha value is -1.86. The first-order chi connectivity index (χ1) is 8.88. The molecule has 2 rings (SSSR count). The van der Waals surface area contributed by atoms with Gasteiger partial charge in [0, 0.05) is 0 Å². The summed E-state index contributed by atoms with van der Waals surface area (Å²) in [6.07, 6.45) is 3.77. The molecule has 0 fully saturated rings. The van der Waals surface area contributed by atoms with Gasteiger partial charge >= 0.3 is 0 Å². The molecule has 1 radical (unpaired) electrons. The summed E-state index contributed by atoms with van der Waals surface area (Å²) in [5.41, 5.74) is 3.55. The van der Waals surface area contributed by atoms with Crippen LogP contribution in [0.15, 0.2) is 60.7 Å². The van der Waals surface area contributed by atoms with Crippen LogP contribution in [0.5, 0.6) is 0 Å². The van der Waals surface area contributed by atoms with Crippen LogP contribution in [0.25, 0.3) is 6.08 Å². The van der Waals surface area contributed by atoms with E-state index in [9.17, 15) is 0 Å². The number of allylic oxidation sites excluding steroid dienone is 1. The van der Waals surface area contributed by atoms with Gasteiger partial charge in [0.05, 0.1) is 13.2 Å². The highest BCUT2D eigenvalue weighted by atomic mass is 16.5. The SMILES string of the molecule is [CH2]C=Cc1ccc(COCc2ccccc2)cc1. The summed E-state index contributed by atoms with van der Waals surface area (Å²) >= 11 is 0. The van der Waals surface area contributed by atoms with Crippen molar-refractivity contribution < 1.29 is 4.74 Å². The van der Waals surface area contributed by atoms with E-state index in [4.69, 9.17) is 4.74 Å². The zero-order chi connectivity index (χ0) is 12.6. The van der Waals surface area contributed by atoms with Gasteiger partial charge in [0.2, 0.25) is 0 Å².